The summed E-state index contributed by atoms with van der Waals surface area (Å²) in [6.45, 7) is 6.28. The molecule has 1 atom stereocenters. The van der Waals surface area contributed by atoms with E-state index in [1.54, 1.807) is 31.2 Å². The maximum atomic E-state index is 12.1. The van der Waals surface area contributed by atoms with E-state index < -0.39 is 6.10 Å². The van der Waals surface area contributed by atoms with Crippen molar-refractivity contribution in [3.63, 3.8) is 0 Å². The number of nitrogens with one attached hydrogen (secondary N) is 3. The molecule has 0 aliphatic heterocycles. The van der Waals surface area contributed by atoms with Gasteiger partial charge in [0, 0.05) is 18.7 Å². The molecule has 0 aromatic heterocycles. The predicted octanol–water partition coefficient (Wildman–Crippen LogP) is 2.24. The number of rotatable bonds is 10. The molecule has 0 heterocycles. The van der Waals surface area contributed by atoms with Crippen LogP contribution in [0.3, 0.4) is 0 Å². The molecule has 2 aromatic rings. The van der Waals surface area contributed by atoms with Crippen LogP contribution in [0.1, 0.15) is 42.6 Å². The van der Waals surface area contributed by atoms with Crippen LogP contribution in [0.5, 0.6) is 5.75 Å². The van der Waals surface area contributed by atoms with Crippen LogP contribution in [-0.4, -0.2) is 43.5 Å². The molecule has 3 N–H and O–H groups in total. The fraction of sp³-hybridized carbons (Fsp3) is 0.348. The van der Waals surface area contributed by atoms with Gasteiger partial charge < -0.3 is 20.7 Å². The van der Waals surface area contributed by atoms with Crippen LogP contribution in [-0.2, 0) is 9.59 Å². The summed E-state index contributed by atoms with van der Waals surface area (Å²) in [7, 11) is 0. The fourth-order valence-corrected chi connectivity index (χ4v) is 2.63. The van der Waals surface area contributed by atoms with Gasteiger partial charge in [0.15, 0.2) is 6.10 Å². The van der Waals surface area contributed by atoms with E-state index in [-0.39, 0.29) is 37.4 Å². The molecule has 0 spiro atoms. The maximum Gasteiger partial charge on any atom is 0.260 e. The van der Waals surface area contributed by atoms with E-state index in [1.807, 2.05) is 30.3 Å². The second kappa shape index (κ2) is 11.6. The molecule has 1 unspecified atom stereocenters. The Kier molecular flexibility index (Phi) is 8.87. The Morgan fingerprint density at radius 2 is 1.47 bits per heavy atom. The van der Waals surface area contributed by atoms with Gasteiger partial charge in [0.2, 0.25) is 5.91 Å². The van der Waals surface area contributed by atoms with E-state index in [0.717, 1.165) is 0 Å². The van der Waals surface area contributed by atoms with Crippen molar-refractivity contribution in [3.05, 3.63) is 65.7 Å². The average Bonchev–Trinajstić information content (AvgIpc) is 2.75. The van der Waals surface area contributed by atoms with Crippen molar-refractivity contribution in [1.82, 2.24) is 16.0 Å². The molecule has 3 amide bonds. The minimum absolute atomic E-state index is 0.131. The minimum atomic E-state index is -0.657. The normalized spacial score (nSPS) is 11.5. The van der Waals surface area contributed by atoms with Gasteiger partial charge in [-0.3, -0.25) is 14.4 Å². The van der Waals surface area contributed by atoms with Crippen molar-refractivity contribution in [1.29, 1.82) is 0 Å². The van der Waals surface area contributed by atoms with Crippen molar-refractivity contribution >= 4 is 17.7 Å². The highest BCUT2D eigenvalue weighted by Crippen LogP contribution is 2.19. The molecule has 7 nitrogen and oxygen atoms in total. The van der Waals surface area contributed by atoms with Crippen molar-refractivity contribution in [3.8, 4) is 5.75 Å². The Balaban J connectivity index is 1.62. The van der Waals surface area contributed by atoms with Gasteiger partial charge in [-0.1, -0.05) is 44.2 Å². The van der Waals surface area contributed by atoms with Gasteiger partial charge in [0.25, 0.3) is 11.8 Å². The Morgan fingerprint density at radius 1 is 0.833 bits per heavy atom. The molecule has 7 heteroatoms. The zero-order valence-corrected chi connectivity index (χ0v) is 17.6. The predicted molar refractivity (Wildman–Crippen MR) is 115 cm³/mol. The first-order valence-electron chi connectivity index (χ1n) is 10.0. The van der Waals surface area contributed by atoms with Crippen LogP contribution in [0.25, 0.3) is 0 Å². The summed E-state index contributed by atoms with van der Waals surface area (Å²) in [5, 5.41) is 7.90. The molecular formula is C23H29N3O4. The molecule has 0 saturated heterocycles. The van der Waals surface area contributed by atoms with Crippen LogP contribution in [0.4, 0.5) is 0 Å². The van der Waals surface area contributed by atoms with E-state index in [2.05, 4.69) is 29.8 Å². The van der Waals surface area contributed by atoms with E-state index >= 15 is 0 Å². The van der Waals surface area contributed by atoms with Gasteiger partial charge in [-0.2, -0.15) is 0 Å². The van der Waals surface area contributed by atoms with Crippen molar-refractivity contribution in [2.75, 3.05) is 19.6 Å². The summed E-state index contributed by atoms with van der Waals surface area (Å²) >= 11 is 0. The third kappa shape index (κ3) is 7.58. The van der Waals surface area contributed by atoms with Crippen molar-refractivity contribution in [2.45, 2.75) is 32.8 Å². The molecule has 0 fully saturated rings. The Labute approximate surface area is 177 Å². The largest absolute Gasteiger partial charge is 0.481 e. The molecule has 2 aromatic carbocycles. The lowest BCUT2D eigenvalue weighted by atomic mass is 10.0. The lowest BCUT2D eigenvalue weighted by molar-refractivity contribution is -0.127. The zero-order chi connectivity index (χ0) is 21.9. The third-order valence-electron chi connectivity index (χ3n) is 4.42. The number of ether oxygens (including phenoxy) is 1. The lowest BCUT2D eigenvalue weighted by Gasteiger charge is -2.15. The summed E-state index contributed by atoms with van der Waals surface area (Å²) < 4.78 is 5.65. The number of carbonyl (C=O) groups is 3. The van der Waals surface area contributed by atoms with E-state index in [4.69, 9.17) is 4.74 Å². The summed E-state index contributed by atoms with van der Waals surface area (Å²) in [6, 6.07) is 16.3. The second-order valence-electron chi connectivity index (χ2n) is 7.17. The van der Waals surface area contributed by atoms with Crippen LogP contribution >= 0.6 is 0 Å². The first-order chi connectivity index (χ1) is 14.4. The van der Waals surface area contributed by atoms with Crippen LogP contribution < -0.4 is 20.7 Å². The summed E-state index contributed by atoms with van der Waals surface area (Å²) in [5.41, 5.74) is 1.69. The number of benzene rings is 2. The number of carbonyl (C=O) groups excluding carboxylic acids is 3. The minimum Gasteiger partial charge on any atom is -0.481 e. The van der Waals surface area contributed by atoms with E-state index in [1.165, 1.54) is 5.56 Å². The Morgan fingerprint density at radius 3 is 2.10 bits per heavy atom. The SMILES string of the molecule is CC(Oc1ccc(C(C)C)cc1)C(=O)NCCNC(=O)CNC(=O)c1ccccc1. The summed E-state index contributed by atoms with van der Waals surface area (Å²) in [6.07, 6.45) is -0.657. The number of amides is 3. The molecule has 0 radical (unpaired) electrons. The monoisotopic (exact) mass is 411 g/mol. The first-order valence-corrected chi connectivity index (χ1v) is 10.0. The summed E-state index contributed by atoms with van der Waals surface area (Å²) in [4.78, 5) is 35.8. The number of hydrogen-bond donors (Lipinski definition) is 3. The molecule has 0 bridgehead atoms. The molecule has 2 rings (SSSR count). The van der Waals surface area contributed by atoms with Gasteiger partial charge in [-0.25, -0.2) is 0 Å². The fourth-order valence-electron chi connectivity index (χ4n) is 2.63. The van der Waals surface area contributed by atoms with E-state index in [9.17, 15) is 14.4 Å². The van der Waals surface area contributed by atoms with Gasteiger partial charge in [0.1, 0.15) is 5.75 Å². The highest BCUT2D eigenvalue weighted by molar-refractivity contribution is 5.96. The van der Waals surface area contributed by atoms with Gasteiger partial charge in [-0.15, -0.1) is 0 Å². The molecule has 0 saturated carbocycles. The highest BCUT2D eigenvalue weighted by atomic mass is 16.5. The number of hydrogen-bond acceptors (Lipinski definition) is 4. The molecule has 160 valence electrons. The molecule has 0 aliphatic rings. The smallest absolute Gasteiger partial charge is 0.260 e. The second-order valence-corrected chi connectivity index (χ2v) is 7.17. The van der Waals surface area contributed by atoms with Crippen molar-refractivity contribution in [2.24, 2.45) is 0 Å². The topological polar surface area (TPSA) is 96.5 Å². The maximum absolute atomic E-state index is 12.1. The lowest BCUT2D eigenvalue weighted by Crippen LogP contribution is -2.43. The standard InChI is InChI=1S/C23H29N3O4/c1-16(2)18-9-11-20(12-10-18)30-17(3)22(28)25-14-13-24-21(27)15-26-23(29)19-7-5-4-6-8-19/h4-12,16-17H,13-15H2,1-3H3,(H,24,27)(H,25,28)(H,26,29). The van der Waals surface area contributed by atoms with Gasteiger partial charge in [-0.05, 0) is 42.7 Å². The molecule has 0 aliphatic carbocycles. The quantitative estimate of drug-likeness (QED) is 0.523. The van der Waals surface area contributed by atoms with E-state index in [0.29, 0.717) is 17.2 Å². The van der Waals surface area contributed by atoms with Gasteiger partial charge >= 0.3 is 0 Å². The van der Waals surface area contributed by atoms with Crippen molar-refractivity contribution < 1.29 is 19.1 Å². The average molecular weight is 412 g/mol. The van der Waals surface area contributed by atoms with Crippen LogP contribution in [0, 0.1) is 0 Å². The molecular weight excluding hydrogens is 382 g/mol. The third-order valence-corrected chi connectivity index (χ3v) is 4.42. The zero-order valence-electron chi connectivity index (χ0n) is 17.6. The molecule has 30 heavy (non-hydrogen) atoms. The summed E-state index contributed by atoms with van der Waals surface area (Å²) in [5.74, 6) is 0.148. The van der Waals surface area contributed by atoms with Crippen LogP contribution in [0.15, 0.2) is 54.6 Å². The first kappa shape index (κ1) is 22.9. The Hall–Kier alpha value is -3.35. The Bertz CT molecular complexity index is 835. The highest BCUT2D eigenvalue weighted by Gasteiger charge is 2.14. The van der Waals surface area contributed by atoms with Gasteiger partial charge in [0.05, 0.1) is 6.54 Å². The van der Waals surface area contributed by atoms with Crippen LogP contribution in [0.2, 0.25) is 0 Å².